The summed E-state index contributed by atoms with van der Waals surface area (Å²) in [6, 6.07) is 19.4. The van der Waals surface area contributed by atoms with Gasteiger partial charge in [-0.15, -0.1) is 0 Å². The van der Waals surface area contributed by atoms with Crippen molar-refractivity contribution in [1.29, 1.82) is 0 Å². The average Bonchev–Trinajstić information content (AvgIpc) is 2.79. The van der Waals surface area contributed by atoms with E-state index in [2.05, 4.69) is 30.0 Å². The Morgan fingerprint density at radius 1 is 0.833 bits per heavy atom. The molecule has 4 rings (SSSR count). The van der Waals surface area contributed by atoms with E-state index in [0.717, 1.165) is 11.8 Å². The Bertz CT molecular complexity index is 1140. The molecule has 0 spiro atoms. The zero-order valence-corrected chi connectivity index (χ0v) is 18.4. The van der Waals surface area contributed by atoms with Crippen LogP contribution in [-0.4, -0.2) is 45.5 Å². The molecule has 0 unspecified atom stereocenters. The standard InChI is InChI=1S/C24H28N2O3S/c1-3-19-9-5-8-12-22(19)25-15-17-26(18-16-25)30(27,28)24-14-13-23(29-4-2)20-10-6-7-11-21(20)24/h5-14H,3-4,15-18H2,1-2H3. The second-order valence-corrected chi connectivity index (χ2v) is 9.32. The Labute approximate surface area is 178 Å². The maximum absolute atomic E-state index is 13.5. The number of fused-ring (bicyclic) bond motifs is 1. The molecular weight excluding hydrogens is 396 g/mol. The largest absolute Gasteiger partial charge is 0.493 e. The first-order chi connectivity index (χ1) is 14.6. The number of hydrogen-bond acceptors (Lipinski definition) is 4. The molecule has 158 valence electrons. The molecule has 0 N–H and O–H groups in total. The van der Waals surface area contributed by atoms with E-state index in [9.17, 15) is 8.42 Å². The summed E-state index contributed by atoms with van der Waals surface area (Å²) in [6.45, 7) is 6.93. The molecule has 1 fully saturated rings. The molecule has 5 nitrogen and oxygen atoms in total. The van der Waals surface area contributed by atoms with Crippen LogP contribution >= 0.6 is 0 Å². The number of hydrogen-bond donors (Lipinski definition) is 0. The number of piperazine rings is 1. The van der Waals surface area contributed by atoms with Crippen molar-refractivity contribution in [3.8, 4) is 5.75 Å². The molecule has 0 saturated carbocycles. The van der Waals surface area contributed by atoms with Gasteiger partial charge in [0.25, 0.3) is 0 Å². The molecule has 0 radical (unpaired) electrons. The van der Waals surface area contributed by atoms with E-state index < -0.39 is 10.0 Å². The van der Waals surface area contributed by atoms with Gasteiger partial charge in [-0.25, -0.2) is 8.42 Å². The highest BCUT2D eigenvalue weighted by Gasteiger charge is 2.30. The Morgan fingerprint density at radius 2 is 1.50 bits per heavy atom. The molecule has 1 heterocycles. The van der Waals surface area contributed by atoms with Crippen molar-refractivity contribution >= 4 is 26.5 Å². The lowest BCUT2D eigenvalue weighted by Crippen LogP contribution is -2.48. The summed E-state index contributed by atoms with van der Waals surface area (Å²) in [5.41, 5.74) is 2.51. The predicted octanol–water partition coefficient (Wildman–Crippen LogP) is 4.31. The molecule has 0 amide bonds. The minimum atomic E-state index is -3.59. The van der Waals surface area contributed by atoms with Crippen molar-refractivity contribution in [1.82, 2.24) is 4.31 Å². The highest BCUT2D eigenvalue weighted by molar-refractivity contribution is 7.89. The van der Waals surface area contributed by atoms with Gasteiger partial charge in [0, 0.05) is 42.6 Å². The monoisotopic (exact) mass is 424 g/mol. The minimum absolute atomic E-state index is 0.351. The molecule has 0 atom stereocenters. The normalized spacial score (nSPS) is 15.5. The lowest BCUT2D eigenvalue weighted by Gasteiger charge is -2.36. The van der Waals surface area contributed by atoms with Crippen molar-refractivity contribution in [2.45, 2.75) is 25.2 Å². The van der Waals surface area contributed by atoms with Gasteiger partial charge in [0.05, 0.1) is 11.5 Å². The molecule has 3 aromatic carbocycles. The molecule has 1 aliphatic heterocycles. The number of benzene rings is 3. The van der Waals surface area contributed by atoms with Gasteiger partial charge in [-0.05, 0) is 37.1 Å². The topological polar surface area (TPSA) is 49.9 Å². The van der Waals surface area contributed by atoms with E-state index >= 15 is 0 Å². The van der Waals surface area contributed by atoms with Gasteiger partial charge < -0.3 is 9.64 Å². The van der Waals surface area contributed by atoms with Crippen LogP contribution in [0.2, 0.25) is 0 Å². The number of aryl methyl sites for hydroxylation is 1. The molecule has 0 aliphatic carbocycles. The van der Waals surface area contributed by atoms with Gasteiger partial charge in [-0.1, -0.05) is 49.4 Å². The number of rotatable bonds is 6. The zero-order valence-electron chi connectivity index (χ0n) is 17.5. The van der Waals surface area contributed by atoms with Crippen molar-refractivity contribution in [2.24, 2.45) is 0 Å². The van der Waals surface area contributed by atoms with Crippen LogP contribution in [0.3, 0.4) is 0 Å². The Balaban J connectivity index is 1.61. The van der Waals surface area contributed by atoms with Crippen molar-refractivity contribution in [3.05, 3.63) is 66.2 Å². The van der Waals surface area contributed by atoms with E-state index in [0.29, 0.717) is 48.8 Å². The van der Waals surface area contributed by atoms with Gasteiger partial charge in [0.15, 0.2) is 0 Å². The number of anilines is 1. The fraction of sp³-hybridized carbons (Fsp3) is 0.333. The Morgan fingerprint density at radius 3 is 2.20 bits per heavy atom. The van der Waals surface area contributed by atoms with Crippen molar-refractivity contribution < 1.29 is 13.2 Å². The lowest BCUT2D eigenvalue weighted by molar-refractivity contribution is 0.344. The summed E-state index contributed by atoms with van der Waals surface area (Å²) < 4.78 is 34.3. The van der Waals surface area contributed by atoms with E-state index in [1.807, 2.05) is 37.3 Å². The maximum Gasteiger partial charge on any atom is 0.243 e. The summed E-state index contributed by atoms with van der Waals surface area (Å²) in [6.07, 6.45) is 0.965. The SMILES string of the molecule is CCOc1ccc(S(=O)(=O)N2CCN(c3ccccc3CC)CC2)c2ccccc12. The second-order valence-electron chi connectivity index (χ2n) is 7.41. The quantitative estimate of drug-likeness (QED) is 0.592. The summed E-state index contributed by atoms with van der Waals surface area (Å²) in [4.78, 5) is 2.64. The number of sulfonamides is 1. The first-order valence-electron chi connectivity index (χ1n) is 10.5. The molecule has 3 aromatic rings. The van der Waals surface area contributed by atoms with Gasteiger partial charge in [0.1, 0.15) is 5.75 Å². The highest BCUT2D eigenvalue weighted by atomic mass is 32.2. The fourth-order valence-corrected chi connectivity index (χ4v) is 5.79. The predicted molar refractivity (Wildman–Crippen MR) is 122 cm³/mol. The third-order valence-electron chi connectivity index (χ3n) is 5.71. The smallest absolute Gasteiger partial charge is 0.243 e. The van der Waals surface area contributed by atoms with Gasteiger partial charge in [-0.2, -0.15) is 4.31 Å². The number of para-hydroxylation sites is 1. The molecule has 0 bridgehead atoms. The average molecular weight is 425 g/mol. The van der Waals surface area contributed by atoms with Crippen LogP contribution in [0, 0.1) is 0 Å². The molecular formula is C24H28N2O3S. The van der Waals surface area contributed by atoms with E-state index in [-0.39, 0.29) is 0 Å². The molecule has 1 aliphatic rings. The third kappa shape index (κ3) is 3.77. The molecule has 1 saturated heterocycles. The van der Waals surface area contributed by atoms with Gasteiger partial charge >= 0.3 is 0 Å². The Hall–Kier alpha value is -2.57. The van der Waals surface area contributed by atoms with Crippen molar-refractivity contribution in [3.63, 3.8) is 0 Å². The van der Waals surface area contributed by atoms with E-state index in [4.69, 9.17) is 4.74 Å². The number of nitrogens with zero attached hydrogens (tertiary/aromatic N) is 2. The van der Waals surface area contributed by atoms with Crippen LogP contribution in [-0.2, 0) is 16.4 Å². The van der Waals surface area contributed by atoms with Crippen LogP contribution in [0.1, 0.15) is 19.4 Å². The zero-order chi connectivity index (χ0) is 21.1. The van der Waals surface area contributed by atoms with Crippen LogP contribution < -0.4 is 9.64 Å². The van der Waals surface area contributed by atoms with Crippen LogP contribution in [0.25, 0.3) is 10.8 Å². The third-order valence-corrected chi connectivity index (χ3v) is 7.67. The highest BCUT2D eigenvalue weighted by Crippen LogP contribution is 2.33. The summed E-state index contributed by atoms with van der Waals surface area (Å²) in [5, 5.41) is 1.54. The Kier molecular flexibility index (Phi) is 5.97. The van der Waals surface area contributed by atoms with Crippen molar-refractivity contribution in [2.75, 3.05) is 37.7 Å². The first-order valence-corrected chi connectivity index (χ1v) is 12.0. The summed E-state index contributed by atoms with van der Waals surface area (Å²) in [5.74, 6) is 0.716. The summed E-state index contributed by atoms with van der Waals surface area (Å²) in [7, 11) is -3.59. The first kappa shape index (κ1) is 20.7. The minimum Gasteiger partial charge on any atom is -0.493 e. The van der Waals surface area contributed by atoms with Gasteiger partial charge in [-0.3, -0.25) is 0 Å². The second kappa shape index (κ2) is 8.66. The maximum atomic E-state index is 13.5. The van der Waals surface area contributed by atoms with Crippen LogP contribution in [0.15, 0.2) is 65.6 Å². The molecule has 0 aromatic heterocycles. The fourth-order valence-electron chi connectivity index (χ4n) is 4.18. The van der Waals surface area contributed by atoms with Crippen LogP contribution in [0.4, 0.5) is 5.69 Å². The van der Waals surface area contributed by atoms with E-state index in [1.165, 1.54) is 11.3 Å². The van der Waals surface area contributed by atoms with E-state index in [1.54, 1.807) is 16.4 Å². The van der Waals surface area contributed by atoms with Crippen LogP contribution in [0.5, 0.6) is 5.75 Å². The molecule has 30 heavy (non-hydrogen) atoms. The van der Waals surface area contributed by atoms with Gasteiger partial charge in [0.2, 0.25) is 10.0 Å². The molecule has 6 heteroatoms. The summed E-state index contributed by atoms with van der Waals surface area (Å²) >= 11 is 0. The lowest BCUT2D eigenvalue weighted by atomic mass is 10.1. The number of ether oxygens (including phenoxy) is 1.